The first-order chi connectivity index (χ1) is 11.5. The van der Waals surface area contributed by atoms with E-state index in [2.05, 4.69) is 15.0 Å². The normalized spacial score (nSPS) is 11.4. The Kier molecular flexibility index (Phi) is 4.64. The van der Waals surface area contributed by atoms with Crippen LogP contribution in [0, 0.1) is 6.92 Å². The van der Waals surface area contributed by atoms with Crippen LogP contribution in [0.5, 0.6) is 0 Å². The largest absolute Gasteiger partial charge is 0.308 e. The summed E-state index contributed by atoms with van der Waals surface area (Å²) in [5, 5.41) is 5.01. The number of likely N-dealkylation sites (N-methyl/N-ethyl adjacent to an activating group) is 1. The lowest BCUT2D eigenvalue weighted by Gasteiger charge is -2.21. The van der Waals surface area contributed by atoms with Gasteiger partial charge in [-0.05, 0) is 39.2 Å². The van der Waals surface area contributed by atoms with Crippen molar-refractivity contribution in [3.8, 4) is 0 Å². The minimum absolute atomic E-state index is 0.0704. The second-order valence-corrected chi connectivity index (χ2v) is 7.03. The standard InChI is InChI=1S/C17H21N5OS/c1-12-11-14(21(4)19-12)16(23)22(10-9-20(2)3)17-18-13-7-5-6-8-15(13)24-17/h5-8,11H,9-10H2,1-4H3. The van der Waals surface area contributed by atoms with Gasteiger partial charge in [-0.15, -0.1) is 0 Å². The number of carbonyl (C=O) groups excluding carboxylic acids is 1. The number of rotatable bonds is 5. The molecular weight excluding hydrogens is 322 g/mol. The maximum Gasteiger partial charge on any atom is 0.278 e. The van der Waals surface area contributed by atoms with Crippen molar-refractivity contribution in [3.05, 3.63) is 41.7 Å². The van der Waals surface area contributed by atoms with Gasteiger partial charge in [-0.2, -0.15) is 5.10 Å². The van der Waals surface area contributed by atoms with Crippen LogP contribution in [0.3, 0.4) is 0 Å². The Morgan fingerprint density at radius 3 is 2.62 bits per heavy atom. The fourth-order valence-corrected chi connectivity index (χ4v) is 3.50. The van der Waals surface area contributed by atoms with Gasteiger partial charge < -0.3 is 4.90 Å². The summed E-state index contributed by atoms with van der Waals surface area (Å²) in [6.07, 6.45) is 0. The Bertz CT molecular complexity index is 834. The van der Waals surface area contributed by atoms with E-state index in [4.69, 9.17) is 0 Å². The molecule has 0 spiro atoms. The predicted molar refractivity (Wildman–Crippen MR) is 97.8 cm³/mol. The molecule has 0 aliphatic heterocycles. The summed E-state index contributed by atoms with van der Waals surface area (Å²) in [4.78, 5) is 21.5. The van der Waals surface area contributed by atoms with Crippen LogP contribution in [-0.4, -0.2) is 52.8 Å². The monoisotopic (exact) mass is 343 g/mol. The molecule has 1 amide bonds. The number of nitrogens with zero attached hydrogens (tertiary/aromatic N) is 5. The van der Waals surface area contributed by atoms with Crippen molar-refractivity contribution in [1.29, 1.82) is 0 Å². The minimum atomic E-state index is -0.0704. The van der Waals surface area contributed by atoms with E-state index in [9.17, 15) is 4.79 Å². The Hall–Kier alpha value is -2.25. The first-order valence-corrected chi connectivity index (χ1v) is 8.60. The number of anilines is 1. The van der Waals surface area contributed by atoms with Crippen molar-refractivity contribution in [2.75, 3.05) is 32.1 Å². The zero-order chi connectivity index (χ0) is 17.3. The molecule has 126 valence electrons. The van der Waals surface area contributed by atoms with E-state index in [-0.39, 0.29) is 5.91 Å². The number of carbonyl (C=O) groups is 1. The van der Waals surface area contributed by atoms with Gasteiger partial charge in [-0.1, -0.05) is 23.5 Å². The molecule has 3 aromatic rings. The van der Waals surface area contributed by atoms with Gasteiger partial charge >= 0.3 is 0 Å². The van der Waals surface area contributed by atoms with Gasteiger partial charge in [0.15, 0.2) is 5.13 Å². The van der Waals surface area contributed by atoms with Gasteiger partial charge in [0.1, 0.15) is 5.69 Å². The van der Waals surface area contributed by atoms with E-state index in [0.717, 1.165) is 27.6 Å². The number of thiazole rings is 1. The second kappa shape index (κ2) is 6.70. The number of aromatic nitrogens is 3. The summed E-state index contributed by atoms with van der Waals surface area (Å²) >= 11 is 1.54. The lowest BCUT2D eigenvalue weighted by Crippen LogP contribution is -2.37. The molecule has 24 heavy (non-hydrogen) atoms. The number of fused-ring (bicyclic) bond motifs is 1. The van der Waals surface area contributed by atoms with Crippen LogP contribution in [0.1, 0.15) is 16.2 Å². The number of hydrogen-bond acceptors (Lipinski definition) is 5. The van der Waals surface area contributed by atoms with E-state index in [1.807, 2.05) is 51.4 Å². The molecule has 0 atom stereocenters. The maximum absolute atomic E-state index is 13.1. The number of hydrogen-bond donors (Lipinski definition) is 0. The molecule has 0 saturated heterocycles. The van der Waals surface area contributed by atoms with Crippen molar-refractivity contribution < 1.29 is 4.79 Å². The highest BCUT2D eigenvalue weighted by molar-refractivity contribution is 7.22. The number of amides is 1. The van der Waals surface area contributed by atoms with Crippen molar-refractivity contribution >= 4 is 32.6 Å². The third-order valence-electron chi connectivity index (χ3n) is 3.75. The molecule has 3 rings (SSSR count). The number of benzene rings is 1. The maximum atomic E-state index is 13.1. The molecule has 0 radical (unpaired) electrons. The molecule has 2 aromatic heterocycles. The summed E-state index contributed by atoms with van der Waals surface area (Å²) in [6.45, 7) is 3.23. The molecule has 0 unspecified atom stereocenters. The van der Waals surface area contributed by atoms with Crippen LogP contribution < -0.4 is 4.90 Å². The highest BCUT2D eigenvalue weighted by atomic mass is 32.1. The molecule has 0 saturated carbocycles. The molecule has 6 nitrogen and oxygen atoms in total. The van der Waals surface area contributed by atoms with E-state index in [0.29, 0.717) is 12.2 Å². The highest BCUT2D eigenvalue weighted by Gasteiger charge is 2.24. The SMILES string of the molecule is Cc1cc(C(=O)N(CCN(C)C)c2nc3ccccc3s2)n(C)n1. The molecule has 0 fully saturated rings. The highest BCUT2D eigenvalue weighted by Crippen LogP contribution is 2.29. The fraction of sp³-hybridized carbons (Fsp3) is 0.353. The summed E-state index contributed by atoms with van der Waals surface area (Å²) in [6, 6.07) is 9.76. The van der Waals surface area contributed by atoms with Crippen LogP contribution in [0.4, 0.5) is 5.13 Å². The third-order valence-corrected chi connectivity index (χ3v) is 4.81. The molecule has 1 aromatic carbocycles. The van der Waals surface area contributed by atoms with Crippen molar-refractivity contribution in [3.63, 3.8) is 0 Å². The quantitative estimate of drug-likeness (QED) is 0.714. The van der Waals surface area contributed by atoms with Crippen LogP contribution >= 0.6 is 11.3 Å². The summed E-state index contributed by atoms with van der Waals surface area (Å²) in [5.74, 6) is -0.0704. The van der Waals surface area contributed by atoms with Crippen molar-refractivity contribution in [2.24, 2.45) is 7.05 Å². The average Bonchev–Trinajstić information content (AvgIpc) is 3.09. The minimum Gasteiger partial charge on any atom is -0.308 e. The van der Waals surface area contributed by atoms with Gasteiger partial charge in [0.2, 0.25) is 0 Å². The lowest BCUT2D eigenvalue weighted by atomic mass is 10.3. The first kappa shape index (κ1) is 16.6. The van der Waals surface area contributed by atoms with Crippen LogP contribution in [-0.2, 0) is 7.05 Å². The topological polar surface area (TPSA) is 54.3 Å². The number of aryl methyl sites for hydroxylation is 2. The van der Waals surface area contributed by atoms with Gasteiger partial charge in [0.05, 0.1) is 15.9 Å². The number of para-hydroxylation sites is 1. The van der Waals surface area contributed by atoms with E-state index < -0.39 is 0 Å². The van der Waals surface area contributed by atoms with Crippen LogP contribution in [0.15, 0.2) is 30.3 Å². The Morgan fingerprint density at radius 2 is 2.00 bits per heavy atom. The molecule has 2 heterocycles. The predicted octanol–water partition coefficient (Wildman–Crippen LogP) is 2.55. The smallest absolute Gasteiger partial charge is 0.278 e. The van der Waals surface area contributed by atoms with Crippen LogP contribution in [0.25, 0.3) is 10.2 Å². The first-order valence-electron chi connectivity index (χ1n) is 7.78. The third kappa shape index (κ3) is 3.32. The van der Waals surface area contributed by atoms with Crippen LogP contribution in [0.2, 0.25) is 0 Å². The Morgan fingerprint density at radius 1 is 1.25 bits per heavy atom. The zero-order valence-electron chi connectivity index (χ0n) is 14.4. The Balaban J connectivity index is 1.99. The van der Waals surface area contributed by atoms with Gasteiger partial charge in [0, 0.05) is 20.1 Å². The van der Waals surface area contributed by atoms with Gasteiger partial charge in [-0.25, -0.2) is 4.98 Å². The second-order valence-electron chi connectivity index (χ2n) is 6.02. The Labute approximate surface area is 145 Å². The summed E-state index contributed by atoms with van der Waals surface area (Å²) in [7, 11) is 5.78. The summed E-state index contributed by atoms with van der Waals surface area (Å²) in [5.41, 5.74) is 2.32. The average molecular weight is 343 g/mol. The zero-order valence-corrected chi connectivity index (χ0v) is 15.2. The molecule has 0 aliphatic carbocycles. The van der Waals surface area contributed by atoms with E-state index >= 15 is 0 Å². The van der Waals surface area contributed by atoms with Gasteiger partial charge in [-0.3, -0.25) is 14.4 Å². The van der Waals surface area contributed by atoms with E-state index in [1.54, 1.807) is 16.6 Å². The summed E-state index contributed by atoms with van der Waals surface area (Å²) < 4.78 is 2.71. The van der Waals surface area contributed by atoms with Gasteiger partial charge in [0.25, 0.3) is 5.91 Å². The lowest BCUT2D eigenvalue weighted by molar-refractivity contribution is 0.0976. The molecular formula is C17H21N5OS. The fourth-order valence-electron chi connectivity index (χ4n) is 2.51. The molecule has 0 N–H and O–H groups in total. The molecule has 0 bridgehead atoms. The van der Waals surface area contributed by atoms with E-state index in [1.165, 1.54) is 11.3 Å². The molecule has 7 heteroatoms. The van der Waals surface area contributed by atoms with Crippen molar-refractivity contribution in [2.45, 2.75) is 6.92 Å². The van der Waals surface area contributed by atoms with Crippen molar-refractivity contribution in [1.82, 2.24) is 19.7 Å². The molecule has 0 aliphatic rings.